The second-order valence-electron chi connectivity index (χ2n) is 8.25. The van der Waals surface area contributed by atoms with Gasteiger partial charge in [0, 0.05) is 35.5 Å². The number of thioether (sulfide) groups is 2. The maximum absolute atomic E-state index is 13.3. The van der Waals surface area contributed by atoms with Crippen molar-refractivity contribution >= 4 is 63.5 Å². The number of hydrogen-bond donors (Lipinski definition) is 4. The molecule has 17 heteroatoms. The fraction of sp³-hybridized carbons (Fsp3) is 0.318. The fourth-order valence-electron chi connectivity index (χ4n) is 4.14. The zero-order chi connectivity index (χ0) is 27.7. The molecule has 0 aromatic carbocycles. The Morgan fingerprint density at radius 3 is 2.77 bits per heavy atom. The van der Waals surface area contributed by atoms with E-state index in [2.05, 4.69) is 30.6 Å². The van der Waals surface area contributed by atoms with Crippen molar-refractivity contribution in [3.63, 3.8) is 0 Å². The molecule has 0 saturated carbocycles. The van der Waals surface area contributed by atoms with Crippen molar-refractivity contribution in [1.82, 2.24) is 34.9 Å². The van der Waals surface area contributed by atoms with Crippen LogP contribution in [0.3, 0.4) is 0 Å². The number of hydrogen-bond acceptors (Lipinski definition) is 12. The van der Waals surface area contributed by atoms with Crippen LogP contribution in [0.4, 0.5) is 5.13 Å². The zero-order valence-corrected chi connectivity index (χ0v) is 23.0. The number of aromatic nitrogens is 5. The average molecular weight is 590 g/mol. The molecule has 5 N–H and O–H groups in total. The van der Waals surface area contributed by atoms with Gasteiger partial charge in [-0.1, -0.05) is 23.8 Å². The fourth-order valence-corrected chi connectivity index (χ4v) is 7.23. The SMILES string of the molecule is CCc1nc(SC(C2=C(C(=O)O)N3C(=O)[C@@H](NC(=O)C(=NOC)c4csc(N)n4)[C@@H]3SC2)n2cccc2)n[nH]1. The minimum atomic E-state index is -1.24. The molecule has 204 valence electrons. The molecule has 0 bridgehead atoms. The Morgan fingerprint density at radius 1 is 1.38 bits per heavy atom. The van der Waals surface area contributed by atoms with Crippen LogP contribution in [0, 0.1) is 0 Å². The number of β-lactam (4-membered cyclic amide) rings is 1. The summed E-state index contributed by atoms with van der Waals surface area (Å²) in [6, 6.07) is 2.70. The summed E-state index contributed by atoms with van der Waals surface area (Å²) in [4.78, 5) is 53.3. The Kier molecular flexibility index (Phi) is 7.62. The van der Waals surface area contributed by atoms with E-state index in [1.54, 1.807) is 5.38 Å². The van der Waals surface area contributed by atoms with Crippen molar-refractivity contribution in [2.75, 3.05) is 18.6 Å². The molecule has 0 spiro atoms. The summed E-state index contributed by atoms with van der Waals surface area (Å²) in [7, 11) is 1.28. The smallest absolute Gasteiger partial charge is 0.352 e. The molecule has 2 aliphatic rings. The maximum Gasteiger partial charge on any atom is 0.352 e. The Labute approximate surface area is 234 Å². The van der Waals surface area contributed by atoms with Crippen molar-refractivity contribution in [3.8, 4) is 0 Å². The number of aromatic amines is 1. The molecule has 0 radical (unpaired) electrons. The summed E-state index contributed by atoms with van der Waals surface area (Å²) in [5.74, 6) is -1.47. The van der Waals surface area contributed by atoms with Gasteiger partial charge < -0.3 is 25.6 Å². The Morgan fingerprint density at radius 2 is 2.15 bits per heavy atom. The van der Waals surface area contributed by atoms with Gasteiger partial charge in [-0.15, -0.1) is 28.2 Å². The Balaban J connectivity index is 1.42. The van der Waals surface area contributed by atoms with E-state index < -0.39 is 34.6 Å². The number of nitrogens with one attached hydrogen (secondary N) is 2. The molecule has 0 aliphatic carbocycles. The first-order valence-electron chi connectivity index (χ1n) is 11.6. The molecule has 2 aliphatic heterocycles. The Hall–Kier alpha value is -3.83. The highest BCUT2D eigenvalue weighted by atomic mass is 32.2. The van der Waals surface area contributed by atoms with Crippen LogP contribution in [0.2, 0.25) is 0 Å². The first-order chi connectivity index (χ1) is 18.8. The second kappa shape index (κ2) is 11.1. The van der Waals surface area contributed by atoms with Crippen LogP contribution in [-0.4, -0.2) is 82.5 Å². The van der Waals surface area contributed by atoms with Gasteiger partial charge in [-0.2, -0.15) is 0 Å². The third kappa shape index (κ3) is 5.11. The van der Waals surface area contributed by atoms with Crippen molar-refractivity contribution in [2.45, 2.75) is 35.3 Å². The van der Waals surface area contributed by atoms with Crippen molar-refractivity contribution in [2.24, 2.45) is 5.16 Å². The van der Waals surface area contributed by atoms with E-state index in [0.29, 0.717) is 28.7 Å². The lowest BCUT2D eigenvalue weighted by atomic mass is 10.0. The van der Waals surface area contributed by atoms with Gasteiger partial charge in [-0.05, 0) is 12.1 Å². The molecule has 3 aromatic heterocycles. The molecule has 2 amide bonds. The number of aryl methyl sites for hydroxylation is 1. The number of oxime groups is 1. The first kappa shape index (κ1) is 26.8. The van der Waals surface area contributed by atoms with Gasteiger partial charge in [0.25, 0.3) is 11.8 Å². The molecule has 3 atom stereocenters. The van der Waals surface area contributed by atoms with Crippen LogP contribution in [0.5, 0.6) is 0 Å². The lowest BCUT2D eigenvalue weighted by molar-refractivity contribution is -0.150. The number of rotatable bonds is 10. The number of anilines is 1. The number of carboxylic acids is 1. The highest BCUT2D eigenvalue weighted by molar-refractivity contribution is 8.01. The minimum absolute atomic E-state index is 0.121. The van der Waals surface area contributed by atoms with Gasteiger partial charge in [0.1, 0.15) is 41.1 Å². The minimum Gasteiger partial charge on any atom is -0.477 e. The lowest BCUT2D eigenvalue weighted by Gasteiger charge is -2.50. The number of fused-ring (bicyclic) bond motifs is 1. The number of H-pyrrole nitrogens is 1. The van der Waals surface area contributed by atoms with Gasteiger partial charge in [0.05, 0.1) is 0 Å². The van der Waals surface area contributed by atoms with E-state index in [4.69, 9.17) is 10.6 Å². The third-order valence-electron chi connectivity index (χ3n) is 5.91. The molecule has 5 rings (SSSR count). The van der Waals surface area contributed by atoms with Crippen molar-refractivity contribution < 1.29 is 24.3 Å². The van der Waals surface area contributed by atoms with Crippen LogP contribution in [-0.2, 0) is 25.6 Å². The highest BCUT2D eigenvalue weighted by Gasteiger charge is 2.55. The summed E-state index contributed by atoms with van der Waals surface area (Å²) >= 11 is 3.76. The van der Waals surface area contributed by atoms with E-state index in [9.17, 15) is 19.5 Å². The standard InChI is InChI=1S/C22H23N9O5S3/c1-3-12-25-22(28-27-12)39-18(30-6-4-5-7-30)10-8-37-19-14(17(33)31(19)15(10)20(34)35)26-16(32)13(29-36-2)11-9-38-21(23)24-11/h4-7,9,14,18-19H,3,8H2,1-2H3,(H2,23,24)(H,26,32)(H,34,35)(H,25,27,28)/t14-,18?,19+/m1/s1. The second-order valence-corrected chi connectivity index (χ2v) is 11.3. The molecule has 3 aromatic rings. The maximum atomic E-state index is 13.3. The van der Waals surface area contributed by atoms with Crippen molar-refractivity contribution in [3.05, 3.63) is 52.7 Å². The molecule has 39 heavy (non-hydrogen) atoms. The zero-order valence-electron chi connectivity index (χ0n) is 20.6. The predicted molar refractivity (Wildman–Crippen MR) is 145 cm³/mol. The number of nitrogens with two attached hydrogens (primary N) is 1. The average Bonchev–Trinajstić information content (AvgIpc) is 3.70. The van der Waals surface area contributed by atoms with Gasteiger partial charge in [-0.3, -0.25) is 19.6 Å². The third-order valence-corrected chi connectivity index (χ3v) is 9.03. The van der Waals surface area contributed by atoms with Gasteiger partial charge in [0.2, 0.25) is 5.16 Å². The van der Waals surface area contributed by atoms with E-state index >= 15 is 0 Å². The molecule has 14 nitrogen and oxygen atoms in total. The molecule has 1 fully saturated rings. The monoisotopic (exact) mass is 589 g/mol. The molecule has 1 unspecified atom stereocenters. The predicted octanol–water partition coefficient (Wildman–Crippen LogP) is 1.29. The van der Waals surface area contributed by atoms with Crippen LogP contribution >= 0.6 is 34.9 Å². The van der Waals surface area contributed by atoms with Crippen LogP contribution in [0.1, 0.15) is 23.8 Å². The topological polar surface area (TPSA) is 194 Å². The summed E-state index contributed by atoms with van der Waals surface area (Å²) in [6.45, 7) is 1.95. The quantitative estimate of drug-likeness (QED) is 0.115. The van der Waals surface area contributed by atoms with Crippen LogP contribution < -0.4 is 11.1 Å². The summed E-state index contributed by atoms with van der Waals surface area (Å²) in [6.07, 6.45) is 4.30. The molecular formula is C22H23N9O5S3. The van der Waals surface area contributed by atoms with E-state index in [0.717, 1.165) is 11.3 Å². The number of carbonyl (C=O) groups is 3. The summed E-state index contributed by atoms with van der Waals surface area (Å²) in [5.41, 5.74) is 6.13. The number of carboxylic acid groups (broad SMARTS) is 1. The number of thiazole rings is 1. The first-order valence-corrected chi connectivity index (χ1v) is 14.4. The molecule has 5 heterocycles. The number of carbonyl (C=O) groups excluding carboxylic acids is 2. The van der Waals surface area contributed by atoms with Crippen LogP contribution in [0.25, 0.3) is 0 Å². The number of nitrogen functional groups attached to an aromatic ring is 1. The number of amides is 2. The lowest BCUT2D eigenvalue weighted by Crippen LogP contribution is -2.71. The van der Waals surface area contributed by atoms with E-state index in [1.165, 1.54) is 35.5 Å². The van der Waals surface area contributed by atoms with Crippen LogP contribution in [0.15, 0.2) is 51.5 Å². The number of nitrogens with zero attached hydrogens (tertiary/aromatic N) is 6. The van der Waals surface area contributed by atoms with E-state index in [1.807, 2.05) is 36.0 Å². The largest absolute Gasteiger partial charge is 0.477 e. The molecular weight excluding hydrogens is 567 g/mol. The summed E-state index contributed by atoms with van der Waals surface area (Å²) < 4.78 is 1.85. The summed E-state index contributed by atoms with van der Waals surface area (Å²) in [5, 5.41) is 24.8. The van der Waals surface area contributed by atoms with E-state index in [-0.39, 0.29) is 22.2 Å². The normalized spacial score (nSPS) is 19.9. The molecule has 1 saturated heterocycles. The van der Waals surface area contributed by atoms with Crippen molar-refractivity contribution in [1.29, 1.82) is 0 Å². The van der Waals surface area contributed by atoms with Gasteiger partial charge >= 0.3 is 5.97 Å². The number of aliphatic carboxylic acids is 1. The highest BCUT2D eigenvalue weighted by Crippen LogP contribution is 2.47. The van der Waals surface area contributed by atoms with Gasteiger partial charge in [0.15, 0.2) is 10.8 Å². The van der Waals surface area contributed by atoms with Gasteiger partial charge in [-0.25, -0.2) is 14.8 Å². The Bertz CT molecular complexity index is 1460.